The normalized spacial score (nSPS) is 20.1. The van der Waals surface area contributed by atoms with Crippen LogP contribution in [0, 0.1) is 5.92 Å². The molecule has 0 aromatic heterocycles. The van der Waals surface area contributed by atoms with Gasteiger partial charge in [-0.1, -0.05) is 12.8 Å². The summed E-state index contributed by atoms with van der Waals surface area (Å²) in [5.41, 5.74) is 5.76. The molecule has 0 radical (unpaired) electrons. The van der Waals surface area contributed by atoms with Crippen molar-refractivity contribution in [3.63, 3.8) is 0 Å². The molecule has 3 nitrogen and oxygen atoms in total. The Hall–Kier alpha value is -0.120. The van der Waals surface area contributed by atoms with Crippen LogP contribution in [0.3, 0.4) is 0 Å². The average molecular weight is 200 g/mol. The van der Waals surface area contributed by atoms with Crippen LogP contribution in [0.5, 0.6) is 0 Å². The van der Waals surface area contributed by atoms with Crippen molar-refractivity contribution in [3.8, 4) is 0 Å². The first-order chi connectivity index (χ1) is 6.88. The molecular weight excluding hydrogens is 176 g/mol. The number of rotatable bonds is 7. The Morgan fingerprint density at radius 3 is 2.57 bits per heavy atom. The zero-order valence-corrected chi connectivity index (χ0v) is 9.04. The van der Waals surface area contributed by atoms with Gasteiger partial charge in [-0.05, 0) is 38.1 Å². The fourth-order valence-electron chi connectivity index (χ4n) is 2.33. The van der Waals surface area contributed by atoms with Gasteiger partial charge in [-0.25, -0.2) is 0 Å². The number of aliphatic hydroxyl groups excluding tert-OH is 1. The van der Waals surface area contributed by atoms with Crippen LogP contribution >= 0.6 is 0 Å². The molecule has 4 N–H and O–H groups in total. The molecule has 1 saturated carbocycles. The summed E-state index contributed by atoms with van der Waals surface area (Å²) in [6.45, 7) is 2.06. The van der Waals surface area contributed by atoms with Crippen molar-refractivity contribution in [2.45, 2.75) is 44.6 Å². The van der Waals surface area contributed by atoms with Crippen LogP contribution in [0.2, 0.25) is 0 Å². The van der Waals surface area contributed by atoms with Crippen LogP contribution in [-0.4, -0.2) is 30.8 Å². The van der Waals surface area contributed by atoms with Crippen molar-refractivity contribution in [1.29, 1.82) is 0 Å². The van der Waals surface area contributed by atoms with Gasteiger partial charge >= 0.3 is 0 Å². The molecule has 1 rings (SSSR count). The molecule has 14 heavy (non-hydrogen) atoms. The molecule has 0 aromatic rings. The van der Waals surface area contributed by atoms with E-state index in [2.05, 4.69) is 5.32 Å². The van der Waals surface area contributed by atoms with Gasteiger partial charge in [0.05, 0.1) is 0 Å². The highest BCUT2D eigenvalue weighted by Gasteiger charge is 2.22. The predicted octanol–water partition coefficient (Wildman–Crippen LogP) is 0.866. The highest BCUT2D eigenvalue weighted by Crippen LogP contribution is 2.27. The smallest absolute Gasteiger partial charge is 0.0431 e. The highest BCUT2D eigenvalue weighted by atomic mass is 16.2. The molecule has 0 aromatic carbocycles. The topological polar surface area (TPSA) is 58.3 Å². The highest BCUT2D eigenvalue weighted by molar-refractivity contribution is 4.81. The summed E-state index contributed by atoms with van der Waals surface area (Å²) in [4.78, 5) is 0. The van der Waals surface area contributed by atoms with Crippen LogP contribution in [0.4, 0.5) is 0 Å². The third-order valence-electron chi connectivity index (χ3n) is 3.21. The fraction of sp³-hybridized carbons (Fsp3) is 1.00. The van der Waals surface area contributed by atoms with E-state index in [0.717, 1.165) is 31.8 Å². The summed E-state index contributed by atoms with van der Waals surface area (Å²) in [6, 6.07) is 0.510. The van der Waals surface area contributed by atoms with Gasteiger partial charge in [0, 0.05) is 19.2 Å². The quantitative estimate of drug-likeness (QED) is 0.534. The van der Waals surface area contributed by atoms with Gasteiger partial charge in [0.1, 0.15) is 0 Å². The molecule has 0 saturated heterocycles. The first-order valence-electron chi connectivity index (χ1n) is 5.92. The molecule has 1 fully saturated rings. The molecular formula is C11H24N2O. The zero-order valence-electron chi connectivity index (χ0n) is 9.04. The standard InChI is InChI=1S/C11H24N2O/c12-9-11(10-5-1-2-6-10)13-7-3-4-8-14/h10-11,13-14H,1-9,12H2. The van der Waals surface area contributed by atoms with E-state index < -0.39 is 0 Å². The second kappa shape index (κ2) is 7.21. The van der Waals surface area contributed by atoms with Crippen molar-refractivity contribution >= 4 is 0 Å². The molecule has 1 aliphatic carbocycles. The van der Waals surface area contributed by atoms with Crippen molar-refractivity contribution in [1.82, 2.24) is 5.32 Å². The second-order valence-electron chi connectivity index (χ2n) is 4.27. The summed E-state index contributed by atoms with van der Waals surface area (Å²) in [5, 5.41) is 12.2. The van der Waals surface area contributed by atoms with Crippen molar-refractivity contribution in [2.75, 3.05) is 19.7 Å². The number of aliphatic hydroxyl groups is 1. The molecule has 0 heterocycles. The minimum atomic E-state index is 0.304. The van der Waals surface area contributed by atoms with E-state index in [1.54, 1.807) is 0 Å². The summed E-state index contributed by atoms with van der Waals surface area (Å²) < 4.78 is 0. The van der Waals surface area contributed by atoms with E-state index in [9.17, 15) is 0 Å². The van der Waals surface area contributed by atoms with Crippen molar-refractivity contribution in [2.24, 2.45) is 11.7 Å². The lowest BCUT2D eigenvalue weighted by Gasteiger charge is -2.23. The number of nitrogens with two attached hydrogens (primary N) is 1. The number of hydrogen-bond donors (Lipinski definition) is 3. The van der Waals surface area contributed by atoms with Crippen molar-refractivity contribution in [3.05, 3.63) is 0 Å². The first kappa shape index (κ1) is 12.0. The summed E-state index contributed by atoms with van der Waals surface area (Å²) in [7, 11) is 0. The van der Waals surface area contributed by atoms with Gasteiger partial charge in [-0.3, -0.25) is 0 Å². The lowest BCUT2D eigenvalue weighted by atomic mass is 9.98. The lowest BCUT2D eigenvalue weighted by molar-refractivity contribution is 0.279. The molecule has 1 unspecified atom stereocenters. The Morgan fingerprint density at radius 2 is 2.00 bits per heavy atom. The third kappa shape index (κ3) is 3.95. The molecule has 1 aliphatic rings. The average Bonchev–Trinajstić information content (AvgIpc) is 2.71. The SMILES string of the molecule is NCC(NCCCCO)C1CCCC1. The molecule has 3 heteroatoms. The van der Waals surface area contributed by atoms with E-state index in [-0.39, 0.29) is 0 Å². The van der Waals surface area contributed by atoms with Crippen LogP contribution in [-0.2, 0) is 0 Å². The van der Waals surface area contributed by atoms with Crippen LogP contribution in [0.1, 0.15) is 38.5 Å². The maximum Gasteiger partial charge on any atom is 0.0431 e. The van der Waals surface area contributed by atoms with Crippen LogP contribution in [0.25, 0.3) is 0 Å². The maximum absolute atomic E-state index is 8.65. The number of unbranched alkanes of at least 4 members (excludes halogenated alkanes) is 1. The van der Waals surface area contributed by atoms with Gasteiger partial charge in [0.25, 0.3) is 0 Å². The summed E-state index contributed by atoms with van der Waals surface area (Å²) in [6.07, 6.45) is 7.39. The minimum absolute atomic E-state index is 0.304. The van der Waals surface area contributed by atoms with Gasteiger partial charge in [0.2, 0.25) is 0 Å². The zero-order chi connectivity index (χ0) is 10.2. The largest absolute Gasteiger partial charge is 0.396 e. The molecule has 0 spiro atoms. The predicted molar refractivity (Wildman–Crippen MR) is 59.1 cm³/mol. The third-order valence-corrected chi connectivity index (χ3v) is 3.21. The van der Waals surface area contributed by atoms with E-state index >= 15 is 0 Å². The Bertz CT molecular complexity index is 135. The van der Waals surface area contributed by atoms with E-state index in [1.807, 2.05) is 0 Å². The van der Waals surface area contributed by atoms with E-state index in [1.165, 1.54) is 25.7 Å². The minimum Gasteiger partial charge on any atom is -0.396 e. The number of nitrogens with one attached hydrogen (secondary N) is 1. The first-order valence-corrected chi connectivity index (χ1v) is 5.92. The van der Waals surface area contributed by atoms with E-state index in [0.29, 0.717) is 12.6 Å². The fourth-order valence-corrected chi connectivity index (χ4v) is 2.33. The number of hydrogen-bond acceptors (Lipinski definition) is 3. The Balaban J connectivity index is 2.11. The maximum atomic E-state index is 8.65. The van der Waals surface area contributed by atoms with E-state index in [4.69, 9.17) is 10.8 Å². The monoisotopic (exact) mass is 200 g/mol. The van der Waals surface area contributed by atoms with Gasteiger partial charge in [-0.15, -0.1) is 0 Å². The molecule has 1 atom stereocenters. The van der Waals surface area contributed by atoms with Crippen LogP contribution < -0.4 is 11.1 Å². The molecule has 0 amide bonds. The van der Waals surface area contributed by atoms with Gasteiger partial charge in [-0.2, -0.15) is 0 Å². The lowest BCUT2D eigenvalue weighted by Crippen LogP contribution is -2.41. The van der Waals surface area contributed by atoms with Gasteiger partial charge < -0.3 is 16.2 Å². The van der Waals surface area contributed by atoms with Crippen molar-refractivity contribution < 1.29 is 5.11 Å². The Kier molecular flexibility index (Phi) is 6.15. The van der Waals surface area contributed by atoms with Gasteiger partial charge in [0.15, 0.2) is 0 Å². The Morgan fingerprint density at radius 1 is 1.29 bits per heavy atom. The second-order valence-corrected chi connectivity index (χ2v) is 4.27. The molecule has 0 bridgehead atoms. The summed E-state index contributed by atoms with van der Waals surface area (Å²) >= 11 is 0. The molecule has 0 aliphatic heterocycles. The molecule has 84 valence electrons. The Labute approximate surface area is 87.1 Å². The summed E-state index contributed by atoms with van der Waals surface area (Å²) in [5.74, 6) is 0.800. The van der Waals surface area contributed by atoms with Crippen LogP contribution in [0.15, 0.2) is 0 Å².